The van der Waals surface area contributed by atoms with Gasteiger partial charge in [-0.3, -0.25) is 0 Å². The molecule has 1 fully saturated rings. The molecule has 4 nitrogen and oxygen atoms in total. The summed E-state index contributed by atoms with van der Waals surface area (Å²) in [5, 5.41) is 12.7. The summed E-state index contributed by atoms with van der Waals surface area (Å²) in [5.74, 6) is 0.0859. The summed E-state index contributed by atoms with van der Waals surface area (Å²) in [6.45, 7) is 0.674. The second kappa shape index (κ2) is 7.06. The Morgan fingerprint density at radius 3 is 2.48 bits per heavy atom. The third-order valence-corrected chi connectivity index (χ3v) is 5.23. The highest BCUT2D eigenvalue weighted by Crippen LogP contribution is 2.23. The van der Waals surface area contributed by atoms with E-state index in [1.165, 1.54) is 19.1 Å². The van der Waals surface area contributed by atoms with Crippen molar-refractivity contribution in [1.29, 1.82) is 5.26 Å². The molecule has 0 radical (unpaired) electrons. The van der Waals surface area contributed by atoms with E-state index in [0.29, 0.717) is 11.4 Å². The maximum Gasteiger partial charge on any atom is 0.175 e. The zero-order valence-corrected chi connectivity index (χ0v) is 13.2. The van der Waals surface area contributed by atoms with Crippen LogP contribution in [0.5, 0.6) is 0 Å². The quantitative estimate of drug-likeness (QED) is 0.868. The fourth-order valence-corrected chi connectivity index (χ4v) is 3.44. The van der Waals surface area contributed by atoms with Crippen LogP contribution in [-0.2, 0) is 16.4 Å². The predicted octanol–water partition coefficient (Wildman–Crippen LogP) is 2.65. The van der Waals surface area contributed by atoms with Crippen molar-refractivity contribution in [3.8, 4) is 6.07 Å². The topological polar surface area (TPSA) is 70.0 Å². The lowest BCUT2D eigenvalue weighted by molar-refractivity contribution is 0.393. The first-order chi connectivity index (χ1) is 10.0. The van der Waals surface area contributed by atoms with E-state index in [1.54, 1.807) is 12.1 Å². The Balaban J connectivity index is 1.97. The summed E-state index contributed by atoms with van der Waals surface area (Å²) in [5.41, 5.74) is 1.04. The van der Waals surface area contributed by atoms with Gasteiger partial charge in [-0.2, -0.15) is 5.26 Å². The van der Waals surface area contributed by atoms with Crippen molar-refractivity contribution in [2.24, 2.45) is 5.92 Å². The van der Waals surface area contributed by atoms with Gasteiger partial charge in [0.05, 0.1) is 16.9 Å². The summed E-state index contributed by atoms with van der Waals surface area (Å²) in [7, 11) is -3.14. The lowest BCUT2D eigenvalue weighted by atomic mass is 9.96. The van der Waals surface area contributed by atoms with E-state index >= 15 is 0 Å². The molecule has 0 aliphatic heterocycles. The number of benzene rings is 1. The maximum absolute atomic E-state index is 11.4. The third-order valence-electron chi connectivity index (χ3n) is 4.10. The zero-order chi connectivity index (χ0) is 15.3. The van der Waals surface area contributed by atoms with Gasteiger partial charge in [-0.25, -0.2) is 8.42 Å². The molecule has 1 aromatic rings. The minimum Gasteiger partial charge on any atom is -0.309 e. The van der Waals surface area contributed by atoms with Crippen LogP contribution in [0, 0.1) is 17.2 Å². The van der Waals surface area contributed by atoms with Crippen LogP contribution in [0.1, 0.15) is 37.7 Å². The molecule has 1 aromatic carbocycles. The summed E-state index contributed by atoms with van der Waals surface area (Å²) >= 11 is 0. The second-order valence-corrected chi connectivity index (χ2v) is 7.79. The van der Waals surface area contributed by atoms with Gasteiger partial charge in [-0.15, -0.1) is 0 Å². The number of rotatable bonds is 4. The number of sulfone groups is 1. The van der Waals surface area contributed by atoms with E-state index in [4.69, 9.17) is 0 Å². The van der Waals surface area contributed by atoms with Gasteiger partial charge < -0.3 is 5.32 Å². The Hall–Kier alpha value is -1.38. The molecule has 2 rings (SSSR count). The summed E-state index contributed by atoms with van der Waals surface area (Å²) in [4.78, 5) is 0.343. The van der Waals surface area contributed by atoms with Gasteiger partial charge in [0.1, 0.15) is 0 Å². The first-order valence-electron chi connectivity index (χ1n) is 7.42. The van der Waals surface area contributed by atoms with E-state index in [2.05, 4.69) is 11.4 Å². The molecule has 1 aliphatic carbocycles. The summed E-state index contributed by atoms with van der Waals surface area (Å²) in [6, 6.07) is 9.61. The first kappa shape index (κ1) is 16.0. The fraction of sp³-hybridized carbons (Fsp3) is 0.562. The van der Waals surface area contributed by atoms with Crippen LogP contribution in [0.25, 0.3) is 0 Å². The maximum atomic E-state index is 11.4. The molecule has 2 unspecified atom stereocenters. The molecule has 114 valence electrons. The van der Waals surface area contributed by atoms with Crippen LogP contribution in [0.2, 0.25) is 0 Å². The van der Waals surface area contributed by atoms with Crippen molar-refractivity contribution in [2.75, 3.05) is 6.26 Å². The van der Waals surface area contributed by atoms with Crippen LogP contribution < -0.4 is 5.32 Å². The molecule has 21 heavy (non-hydrogen) atoms. The molecule has 0 spiro atoms. The molecule has 1 aliphatic rings. The van der Waals surface area contributed by atoms with Gasteiger partial charge in [0.15, 0.2) is 9.84 Å². The van der Waals surface area contributed by atoms with Gasteiger partial charge in [0, 0.05) is 18.8 Å². The molecule has 2 atom stereocenters. The molecule has 0 bridgehead atoms. The van der Waals surface area contributed by atoms with E-state index in [1.807, 2.05) is 12.1 Å². The number of hydrogen-bond donors (Lipinski definition) is 1. The molecule has 1 saturated carbocycles. The van der Waals surface area contributed by atoms with Crippen molar-refractivity contribution in [3.05, 3.63) is 29.8 Å². The number of nitrogens with one attached hydrogen (secondary N) is 1. The minimum atomic E-state index is -3.14. The lowest BCUT2D eigenvalue weighted by Gasteiger charge is -2.21. The second-order valence-electron chi connectivity index (χ2n) is 5.78. The Morgan fingerprint density at radius 1 is 1.19 bits per heavy atom. The fourth-order valence-electron chi connectivity index (χ4n) is 2.81. The number of nitrogens with zero attached hydrogens (tertiary/aromatic N) is 1. The van der Waals surface area contributed by atoms with Gasteiger partial charge in [0.2, 0.25) is 0 Å². The average molecular weight is 306 g/mol. The molecule has 5 heteroatoms. The van der Waals surface area contributed by atoms with Crippen molar-refractivity contribution in [3.63, 3.8) is 0 Å². The first-order valence-corrected chi connectivity index (χ1v) is 9.32. The van der Waals surface area contributed by atoms with Crippen LogP contribution in [0.3, 0.4) is 0 Å². The Labute approximate surface area is 127 Å². The SMILES string of the molecule is CS(=O)(=O)c1ccc(CNC2CCCCCC2C#N)cc1. The highest BCUT2D eigenvalue weighted by Gasteiger charge is 2.22. The predicted molar refractivity (Wildman–Crippen MR) is 82.4 cm³/mol. The molecule has 0 heterocycles. The molecular weight excluding hydrogens is 284 g/mol. The standard InChI is InChI=1S/C16H22N2O2S/c1-21(19,20)15-9-7-13(8-10-15)12-18-16-6-4-2-3-5-14(16)11-17/h7-10,14,16,18H,2-6,12H2,1H3. The van der Waals surface area contributed by atoms with Gasteiger partial charge in [0.25, 0.3) is 0 Å². The van der Waals surface area contributed by atoms with Crippen molar-refractivity contribution >= 4 is 9.84 Å². The van der Waals surface area contributed by atoms with E-state index in [0.717, 1.165) is 24.8 Å². The summed E-state index contributed by atoms with van der Waals surface area (Å²) in [6.07, 6.45) is 6.74. The normalized spacial score (nSPS) is 23.2. The molecular formula is C16H22N2O2S. The van der Waals surface area contributed by atoms with Gasteiger partial charge >= 0.3 is 0 Å². The van der Waals surface area contributed by atoms with E-state index in [9.17, 15) is 13.7 Å². The monoisotopic (exact) mass is 306 g/mol. The van der Waals surface area contributed by atoms with Crippen LogP contribution in [0.4, 0.5) is 0 Å². The van der Waals surface area contributed by atoms with Crippen molar-refractivity contribution in [1.82, 2.24) is 5.32 Å². The number of hydrogen-bond acceptors (Lipinski definition) is 4. The Bertz CT molecular complexity index is 602. The zero-order valence-electron chi connectivity index (χ0n) is 12.4. The minimum absolute atomic E-state index is 0.0859. The van der Waals surface area contributed by atoms with Gasteiger partial charge in [-0.1, -0.05) is 31.4 Å². The molecule has 0 saturated heterocycles. The Kier molecular flexibility index (Phi) is 5.38. The van der Waals surface area contributed by atoms with Crippen LogP contribution in [-0.4, -0.2) is 20.7 Å². The van der Waals surface area contributed by atoms with Crippen molar-refractivity contribution < 1.29 is 8.42 Å². The largest absolute Gasteiger partial charge is 0.309 e. The van der Waals surface area contributed by atoms with Crippen LogP contribution >= 0.6 is 0 Å². The molecule has 0 amide bonds. The van der Waals surface area contributed by atoms with E-state index < -0.39 is 9.84 Å². The number of nitriles is 1. The molecule has 0 aromatic heterocycles. The summed E-state index contributed by atoms with van der Waals surface area (Å²) < 4.78 is 22.8. The highest BCUT2D eigenvalue weighted by molar-refractivity contribution is 7.90. The third kappa shape index (κ3) is 4.55. The molecule has 1 N–H and O–H groups in total. The van der Waals surface area contributed by atoms with E-state index in [-0.39, 0.29) is 12.0 Å². The average Bonchev–Trinajstić information content (AvgIpc) is 2.69. The van der Waals surface area contributed by atoms with Crippen molar-refractivity contribution in [2.45, 2.75) is 49.6 Å². The van der Waals surface area contributed by atoms with Crippen LogP contribution in [0.15, 0.2) is 29.2 Å². The smallest absolute Gasteiger partial charge is 0.175 e. The van der Waals surface area contributed by atoms with Gasteiger partial charge in [-0.05, 0) is 30.5 Å². The highest BCUT2D eigenvalue weighted by atomic mass is 32.2. The lowest BCUT2D eigenvalue weighted by Crippen LogP contribution is -2.34. The Morgan fingerprint density at radius 2 is 1.86 bits per heavy atom.